The summed E-state index contributed by atoms with van der Waals surface area (Å²) in [5.74, 6) is 0.466. The van der Waals surface area contributed by atoms with Gasteiger partial charge in [-0.15, -0.1) is 0 Å². The van der Waals surface area contributed by atoms with Gasteiger partial charge in [-0.1, -0.05) is 6.07 Å². The Labute approximate surface area is 145 Å². The summed E-state index contributed by atoms with van der Waals surface area (Å²) in [7, 11) is 0. The van der Waals surface area contributed by atoms with Crippen molar-refractivity contribution in [3.63, 3.8) is 0 Å². The molecule has 0 unspecified atom stereocenters. The molecule has 0 aliphatic rings. The van der Waals surface area contributed by atoms with Crippen LogP contribution in [-0.2, 0) is 6.18 Å². The van der Waals surface area contributed by atoms with Crippen molar-refractivity contribution in [3.8, 4) is 22.9 Å². The average Bonchev–Trinajstić information content (AvgIpc) is 3.11. The van der Waals surface area contributed by atoms with Gasteiger partial charge in [-0.05, 0) is 42.5 Å². The molecule has 4 aromatic rings. The largest absolute Gasteiger partial charge is 0.438 e. The standard InChI is InChI=1S/C18H11F3N4O/c19-18(20,21)12-4-6-14(7-5-12)26-17-15(10-22-11-23-17)16-3-1-2-13-8-9-24-25(13)16/h1-11H. The normalized spacial score (nSPS) is 11.7. The molecule has 3 aromatic heterocycles. The van der Waals surface area contributed by atoms with E-state index >= 15 is 0 Å². The summed E-state index contributed by atoms with van der Waals surface area (Å²) in [6, 6.07) is 11.9. The number of hydrogen-bond donors (Lipinski definition) is 0. The van der Waals surface area contributed by atoms with Crippen LogP contribution in [0.3, 0.4) is 0 Å². The molecule has 3 heterocycles. The second-order valence-corrected chi connectivity index (χ2v) is 5.44. The van der Waals surface area contributed by atoms with Crippen molar-refractivity contribution in [1.29, 1.82) is 0 Å². The lowest BCUT2D eigenvalue weighted by molar-refractivity contribution is -0.137. The van der Waals surface area contributed by atoms with Gasteiger partial charge in [0.25, 0.3) is 0 Å². The molecule has 0 spiro atoms. The molecule has 0 fully saturated rings. The Morgan fingerprint density at radius 3 is 2.54 bits per heavy atom. The highest BCUT2D eigenvalue weighted by molar-refractivity contribution is 5.68. The monoisotopic (exact) mass is 356 g/mol. The molecule has 5 nitrogen and oxygen atoms in total. The first kappa shape index (κ1) is 16.1. The van der Waals surface area contributed by atoms with Crippen LogP contribution in [0.25, 0.3) is 16.8 Å². The van der Waals surface area contributed by atoms with Crippen LogP contribution in [0.2, 0.25) is 0 Å². The zero-order chi connectivity index (χ0) is 18.1. The van der Waals surface area contributed by atoms with Crippen molar-refractivity contribution in [2.24, 2.45) is 0 Å². The minimum Gasteiger partial charge on any atom is -0.438 e. The minimum atomic E-state index is -4.39. The van der Waals surface area contributed by atoms with Gasteiger partial charge in [0.05, 0.1) is 28.5 Å². The lowest BCUT2D eigenvalue weighted by atomic mass is 10.2. The minimum absolute atomic E-state index is 0.225. The van der Waals surface area contributed by atoms with E-state index < -0.39 is 11.7 Å². The maximum atomic E-state index is 12.7. The summed E-state index contributed by atoms with van der Waals surface area (Å²) in [5, 5.41) is 4.26. The quantitative estimate of drug-likeness (QED) is 0.538. The van der Waals surface area contributed by atoms with Crippen LogP contribution in [-0.4, -0.2) is 19.6 Å². The number of pyridine rings is 1. The second kappa shape index (κ2) is 6.14. The predicted octanol–water partition coefficient (Wildman–Crippen LogP) is 4.60. The van der Waals surface area contributed by atoms with Crippen LogP contribution in [0, 0.1) is 0 Å². The van der Waals surface area contributed by atoms with Crippen LogP contribution < -0.4 is 4.74 Å². The molecule has 26 heavy (non-hydrogen) atoms. The lowest BCUT2D eigenvalue weighted by Crippen LogP contribution is -2.04. The van der Waals surface area contributed by atoms with Gasteiger partial charge in [0.1, 0.15) is 12.1 Å². The highest BCUT2D eigenvalue weighted by Crippen LogP contribution is 2.33. The third kappa shape index (κ3) is 2.97. The summed E-state index contributed by atoms with van der Waals surface area (Å²) in [6.07, 6.45) is 0.155. The van der Waals surface area contributed by atoms with Gasteiger partial charge < -0.3 is 4.74 Å². The molecule has 0 aliphatic carbocycles. The fraction of sp³-hybridized carbons (Fsp3) is 0.0556. The van der Waals surface area contributed by atoms with Crippen LogP contribution >= 0.6 is 0 Å². The molecule has 0 atom stereocenters. The lowest BCUT2D eigenvalue weighted by Gasteiger charge is -2.11. The zero-order valence-corrected chi connectivity index (χ0v) is 13.2. The Morgan fingerprint density at radius 2 is 1.77 bits per heavy atom. The molecule has 1 aromatic carbocycles. The molecule has 0 amide bonds. The van der Waals surface area contributed by atoms with Gasteiger partial charge in [0.15, 0.2) is 0 Å². The van der Waals surface area contributed by atoms with Crippen molar-refractivity contribution in [2.45, 2.75) is 6.18 Å². The van der Waals surface area contributed by atoms with Crippen molar-refractivity contribution < 1.29 is 17.9 Å². The number of alkyl halides is 3. The van der Waals surface area contributed by atoms with E-state index in [-0.39, 0.29) is 11.6 Å². The van der Waals surface area contributed by atoms with Gasteiger partial charge in [0, 0.05) is 6.20 Å². The Kier molecular flexibility index (Phi) is 3.80. The van der Waals surface area contributed by atoms with Crippen molar-refractivity contribution >= 4 is 5.52 Å². The summed E-state index contributed by atoms with van der Waals surface area (Å²) in [4.78, 5) is 8.14. The van der Waals surface area contributed by atoms with Gasteiger partial charge >= 0.3 is 6.18 Å². The molecule has 0 aliphatic heterocycles. The molecule has 0 bridgehead atoms. The van der Waals surface area contributed by atoms with Crippen molar-refractivity contribution in [2.75, 3.05) is 0 Å². The summed E-state index contributed by atoms with van der Waals surface area (Å²) in [6.45, 7) is 0. The van der Waals surface area contributed by atoms with Gasteiger partial charge in [0.2, 0.25) is 5.88 Å². The Balaban J connectivity index is 1.72. The number of benzene rings is 1. The number of ether oxygens (including phenoxy) is 1. The van der Waals surface area contributed by atoms with E-state index in [2.05, 4.69) is 15.1 Å². The van der Waals surface area contributed by atoms with Gasteiger partial charge in [-0.3, -0.25) is 0 Å². The molecule has 0 saturated heterocycles. The Bertz CT molecular complexity index is 1060. The zero-order valence-electron chi connectivity index (χ0n) is 13.2. The first-order valence-corrected chi connectivity index (χ1v) is 7.60. The van der Waals surface area contributed by atoms with Crippen molar-refractivity contribution in [3.05, 3.63) is 72.8 Å². The summed E-state index contributed by atoms with van der Waals surface area (Å²) >= 11 is 0. The van der Waals surface area contributed by atoms with Gasteiger partial charge in [-0.25, -0.2) is 14.5 Å². The molecule has 130 valence electrons. The molecule has 0 saturated carbocycles. The van der Waals surface area contributed by atoms with E-state index in [4.69, 9.17) is 4.74 Å². The second-order valence-electron chi connectivity index (χ2n) is 5.44. The first-order chi connectivity index (χ1) is 12.5. The van der Waals surface area contributed by atoms with Crippen molar-refractivity contribution in [1.82, 2.24) is 19.6 Å². The highest BCUT2D eigenvalue weighted by Gasteiger charge is 2.30. The van der Waals surface area contributed by atoms with E-state index in [1.54, 1.807) is 16.9 Å². The average molecular weight is 356 g/mol. The number of aromatic nitrogens is 4. The summed E-state index contributed by atoms with van der Waals surface area (Å²) < 4.78 is 45.4. The molecule has 8 heteroatoms. The fourth-order valence-corrected chi connectivity index (χ4v) is 2.55. The van der Waals surface area contributed by atoms with E-state index in [0.717, 1.165) is 17.6 Å². The number of rotatable bonds is 3. The number of nitrogens with zero attached hydrogens (tertiary/aromatic N) is 4. The topological polar surface area (TPSA) is 52.3 Å². The molecular formula is C18H11F3N4O. The fourth-order valence-electron chi connectivity index (χ4n) is 2.55. The van der Waals surface area contributed by atoms with E-state index in [1.165, 1.54) is 18.5 Å². The van der Waals surface area contributed by atoms with E-state index in [9.17, 15) is 13.2 Å². The molecule has 0 radical (unpaired) electrons. The summed E-state index contributed by atoms with van der Waals surface area (Å²) in [5.41, 5.74) is 1.41. The van der Waals surface area contributed by atoms with Crippen LogP contribution in [0.5, 0.6) is 11.6 Å². The van der Waals surface area contributed by atoms with Crippen LogP contribution in [0.15, 0.2) is 67.3 Å². The van der Waals surface area contributed by atoms with Crippen LogP contribution in [0.1, 0.15) is 5.56 Å². The Morgan fingerprint density at radius 1 is 0.962 bits per heavy atom. The molecule has 0 N–H and O–H groups in total. The van der Waals surface area contributed by atoms with E-state index in [0.29, 0.717) is 11.3 Å². The maximum Gasteiger partial charge on any atom is 0.416 e. The SMILES string of the molecule is FC(F)(F)c1ccc(Oc2ncncc2-c2cccc3ccnn23)cc1. The molecule has 4 rings (SSSR count). The Hall–Kier alpha value is -3.42. The first-order valence-electron chi connectivity index (χ1n) is 7.60. The van der Waals surface area contributed by atoms with Gasteiger partial charge in [-0.2, -0.15) is 18.3 Å². The highest BCUT2D eigenvalue weighted by atomic mass is 19.4. The predicted molar refractivity (Wildman–Crippen MR) is 87.7 cm³/mol. The maximum absolute atomic E-state index is 12.7. The third-order valence-electron chi connectivity index (χ3n) is 3.77. The number of halogens is 3. The smallest absolute Gasteiger partial charge is 0.416 e. The number of hydrogen-bond acceptors (Lipinski definition) is 4. The third-order valence-corrected chi connectivity index (χ3v) is 3.77. The van der Waals surface area contributed by atoms with Crippen LogP contribution in [0.4, 0.5) is 13.2 Å². The molecular weight excluding hydrogens is 345 g/mol. The number of fused-ring (bicyclic) bond motifs is 1. The van der Waals surface area contributed by atoms with E-state index in [1.807, 2.05) is 24.3 Å².